The van der Waals surface area contributed by atoms with E-state index in [1.165, 1.54) is 4.57 Å². The number of carbonyl (C=O) groups is 2. The first-order chi connectivity index (χ1) is 16.7. The predicted octanol–water partition coefficient (Wildman–Crippen LogP) is 7.40. The molecule has 2 aromatic carbocycles. The lowest BCUT2D eigenvalue weighted by atomic mass is 10.1. The highest BCUT2D eigenvalue weighted by Crippen LogP contribution is 2.29. The molecule has 3 aromatic rings. The molecule has 3 rings (SSSR count). The fraction of sp³-hybridized carbons (Fsp3) is 0.370. The normalized spacial score (nSPS) is 12.7. The highest BCUT2D eigenvalue weighted by atomic mass is 127. The molecule has 0 spiro atoms. The molecule has 7 nitrogen and oxygen atoms in total. The average molecular weight is 624 g/mol. The standard InChI is InChI=1S/C27H31ClIN3O4/c1-26(2,3)35-24(33)31-21(15-17-12-13-20(29)19(28)14-17)23-30-16-22(18-10-8-7-9-11-18)32(23)25(34)36-27(4,5)6/h7-14,16,21H,15H2,1-6H3,(H,31,33)/t21-/m0/s1. The van der Waals surface area contributed by atoms with Crippen LogP contribution in [0.4, 0.5) is 9.59 Å². The Morgan fingerprint density at radius 1 is 1.03 bits per heavy atom. The second-order valence-corrected chi connectivity index (χ2v) is 11.9. The molecule has 0 saturated carbocycles. The van der Waals surface area contributed by atoms with E-state index in [1.54, 1.807) is 47.7 Å². The Morgan fingerprint density at radius 3 is 2.25 bits per heavy atom. The zero-order chi connectivity index (χ0) is 26.7. The van der Waals surface area contributed by atoms with Crippen molar-refractivity contribution < 1.29 is 19.1 Å². The van der Waals surface area contributed by atoms with Gasteiger partial charge in [-0.25, -0.2) is 19.1 Å². The second-order valence-electron chi connectivity index (χ2n) is 10.3. The summed E-state index contributed by atoms with van der Waals surface area (Å²) in [5.41, 5.74) is 0.773. The van der Waals surface area contributed by atoms with Crippen LogP contribution in [0.5, 0.6) is 0 Å². The largest absolute Gasteiger partial charge is 0.444 e. The highest BCUT2D eigenvalue weighted by Gasteiger charge is 2.30. The van der Waals surface area contributed by atoms with Crippen molar-refractivity contribution in [2.75, 3.05) is 0 Å². The summed E-state index contributed by atoms with van der Waals surface area (Å²) in [6.45, 7) is 10.8. The molecule has 0 saturated heterocycles. The fourth-order valence-electron chi connectivity index (χ4n) is 3.48. The van der Waals surface area contributed by atoms with E-state index in [4.69, 9.17) is 21.1 Å². The van der Waals surface area contributed by atoms with Crippen LogP contribution < -0.4 is 5.32 Å². The second kappa shape index (κ2) is 11.2. The maximum absolute atomic E-state index is 13.4. The molecule has 0 fully saturated rings. The maximum Gasteiger partial charge on any atom is 0.420 e. The SMILES string of the molecule is CC(C)(C)OC(=O)N[C@@H](Cc1ccc(I)c(Cl)c1)c1ncc(-c2ccccc2)n1C(=O)OC(C)(C)C. The van der Waals surface area contributed by atoms with Crippen molar-refractivity contribution in [3.8, 4) is 11.3 Å². The Kier molecular flexibility index (Phi) is 8.71. The van der Waals surface area contributed by atoms with Crippen molar-refractivity contribution in [2.24, 2.45) is 0 Å². The summed E-state index contributed by atoms with van der Waals surface area (Å²) in [5.74, 6) is 0.323. The van der Waals surface area contributed by atoms with E-state index >= 15 is 0 Å². The molecule has 0 radical (unpaired) electrons. The molecule has 1 amide bonds. The Morgan fingerprint density at radius 2 is 1.67 bits per heavy atom. The van der Waals surface area contributed by atoms with Crippen LogP contribution in [0.2, 0.25) is 5.02 Å². The summed E-state index contributed by atoms with van der Waals surface area (Å²) >= 11 is 8.52. The van der Waals surface area contributed by atoms with Gasteiger partial charge in [0.15, 0.2) is 0 Å². The molecule has 1 aromatic heterocycles. The van der Waals surface area contributed by atoms with E-state index in [9.17, 15) is 9.59 Å². The molecular formula is C27H31ClIN3O4. The van der Waals surface area contributed by atoms with Crippen molar-refractivity contribution in [1.82, 2.24) is 14.9 Å². The van der Waals surface area contributed by atoms with Gasteiger partial charge in [-0.1, -0.05) is 48.0 Å². The summed E-state index contributed by atoms with van der Waals surface area (Å²) in [4.78, 5) is 30.9. The predicted molar refractivity (Wildman–Crippen MR) is 149 cm³/mol. The van der Waals surface area contributed by atoms with E-state index < -0.39 is 29.4 Å². The molecule has 0 aliphatic heterocycles. The molecule has 1 N–H and O–H groups in total. The van der Waals surface area contributed by atoms with Gasteiger partial charge >= 0.3 is 12.2 Å². The number of imidazole rings is 1. The Balaban J connectivity index is 2.11. The van der Waals surface area contributed by atoms with Gasteiger partial charge in [0.25, 0.3) is 0 Å². The van der Waals surface area contributed by atoms with Crippen molar-refractivity contribution in [3.63, 3.8) is 0 Å². The maximum atomic E-state index is 13.4. The van der Waals surface area contributed by atoms with Gasteiger partial charge in [0.2, 0.25) is 0 Å². The van der Waals surface area contributed by atoms with Gasteiger partial charge in [0, 0.05) is 15.6 Å². The van der Waals surface area contributed by atoms with E-state index in [0.29, 0.717) is 23.0 Å². The minimum Gasteiger partial charge on any atom is -0.444 e. The van der Waals surface area contributed by atoms with Gasteiger partial charge in [0.1, 0.15) is 17.0 Å². The minimum atomic E-state index is -0.732. The topological polar surface area (TPSA) is 82.5 Å². The molecule has 1 atom stereocenters. The third-order valence-corrected chi connectivity index (χ3v) is 6.43. The van der Waals surface area contributed by atoms with Gasteiger partial charge in [-0.15, -0.1) is 0 Å². The van der Waals surface area contributed by atoms with Crippen LogP contribution in [0.3, 0.4) is 0 Å². The van der Waals surface area contributed by atoms with Crippen LogP contribution in [-0.2, 0) is 15.9 Å². The number of hydrogen-bond donors (Lipinski definition) is 1. The lowest BCUT2D eigenvalue weighted by Gasteiger charge is -2.25. The van der Waals surface area contributed by atoms with Crippen LogP contribution in [0.15, 0.2) is 54.7 Å². The lowest BCUT2D eigenvalue weighted by Crippen LogP contribution is -2.38. The monoisotopic (exact) mass is 623 g/mol. The summed E-state index contributed by atoms with van der Waals surface area (Å²) in [7, 11) is 0. The smallest absolute Gasteiger partial charge is 0.420 e. The number of ether oxygens (including phenoxy) is 2. The van der Waals surface area contributed by atoms with E-state index in [-0.39, 0.29) is 0 Å². The molecule has 0 aliphatic carbocycles. The van der Waals surface area contributed by atoms with Crippen molar-refractivity contribution in [3.05, 3.63) is 74.7 Å². The Labute approximate surface area is 230 Å². The molecule has 0 unspecified atom stereocenters. The van der Waals surface area contributed by atoms with Crippen molar-refractivity contribution in [1.29, 1.82) is 0 Å². The van der Waals surface area contributed by atoms with Crippen LogP contribution >= 0.6 is 34.2 Å². The van der Waals surface area contributed by atoms with Gasteiger partial charge < -0.3 is 14.8 Å². The summed E-state index contributed by atoms with van der Waals surface area (Å²) < 4.78 is 13.6. The number of carbonyl (C=O) groups excluding carboxylic acids is 2. The molecule has 36 heavy (non-hydrogen) atoms. The van der Waals surface area contributed by atoms with E-state index in [1.807, 2.05) is 48.5 Å². The van der Waals surface area contributed by atoms with Gasteiger partial charge in [-0.2, -0.15) is 0 Å². The number of benzene rings is 2. The number of hydrogen-bond acceptors (Lipinski definition) is 5. The minimum absolute atomic E-state index is 0.323. The number of aromatic nitrogens is 2. The van der Waals surface area contributed by atoms with Crippen molar-refractivity contribution in [2.45, 2.75) is 65.2 Å². The van der Waals surface area contributed by atoms with E-state index in [0.717, 1.165) is 14.7 Å². The van der Waals surface area contributed by atoms with Gasteiger partial charge in [-0.05, 0) is 81.8 Å². The molecule has 0 bridgehead atoms. The number of halogens is 2. The first-order valence-corrected chi connectivity index (χ1v) is 13.0. The molecule has 192 valence electrons. The fourth-order valence-corrected chi connectivity index (χ4v) is 4.02. The number of nitrogens with zero attached hydrogens (tertiary/aromatic N) is 2. The number of amides is 1. The average Bonchev–Trinajstić information content (AvgIpc) is 3.19. The first kappa shape index (κ1) is 28.0. The highest BCUT2D eigenvalue weighted by molar-refractivity contribution is 14.1. The molecule has 1 heterocycles. The summed E-state index contributed by atoms with van der Waals surface area (Å²) in [6.07, 6.45) is 0.720. The third kappa shape index (κ3) is 7.70. The summed E-state index contributed by atoms with van der Waals surface area (Å²) in [6, 6.07) is 14.4. The van der Waals surface area contributed by atoms with Crippen LogP contribution in [-0.4, -0.2) is 32.9 Å². The zero-order valence-corrected chi connectivity index (χ0v) is 24.2. The number of rotatable bonds is 5. The number of alkyl carbamates (subject to hydrolysis) is 1. The number of nitrogens with one attached hydrogen (secondary N) is 1. The van der Waals surface area contributed by atoms with Crippen LogP contribution in [0, 0.1) is 3.57 Å². The van der Waals surface area contributed by atoms with E-state index in [2.05, 4.69) is 32.9 Å². The quantitative estimate of drug-likeness (QED) is 0.300. The molecule has 0 aliphatic rings. The lowest BCUT2D eigenvalue weighted by molar-refractivity contribution is 0.0474. The van der Waals surface area contributed by atoms with Gasteiger partial charge in [-0.3, -0.25) is 0 Å². The van der Waals surface area contributed by atoms with Crippen molar-refractivity contribution >= 4 is 46.4 Å². The summed E-state index contributed by atoms with van der Waals surface area (Å²) in [5, 5.41) is 3.50. The Bertz CT molecular complexity index is 1230. The van der Waals surface area contributed by atoms with Crippen LogP contribution in [0.25, 0.3) is 11.3 Å². The first-order valence-electron chi connectivity index (χ1n) is 11.5. The zero-order valence-electron chi connectivity index (χ0n) is 21.3. The third-order valence-electron chi connectivity index (χ3n) is 4.86. The molecular weight excluding hydrogens is 593 g/mol. The Hall–Kier alpha value is -2.59. The van der Waals surface area contributed by atoms with Crippen LogP contribution in [0.1, 0.15) is 59.0 Å². The van der Waals surface area contributed by atoms with Gasteiger partial charge in [0.05, 0.1) is 23.0 Å². The molecule has 9 heteroatoms.